The van der Waals surface area contributed by atoms with Gasteiger partial charge in [0.2, 0.25) is 0 Å². The number of hydrogen-bond acceptors (Lipinski definition) is 4. The minimum Gasteiger partial charge on any atom is -0.351 e. The molecule has 6 heteroatoms. The molecular formula is C17H31N5S. The van der Waals surface area contributed by atoms with Crippen LogP contribution in [-0.4, -0.2) is 60.0 Å². The van der Waals surface area contributed by atoms with E-state index in [9.17, 15) is 0 Å². The SMILES string of the molecule is CCN(CC)C1CCN(C(=NC)NCc2csc(C(C)C)n2)C1. The Morgan fingerprint density at radius 3 is 2.78 bits per heavy atom. The first-order chi connectivity index (χ1) is 11.1. The lowest BCUT2D eigenvalue weighted by Crippen LogP contribution is -2.43. The van der Waals surface area contributed by atoms with Crippen molar-refractivity contribution >= 4 is 17.3 Å². The van der Waals surface area contributed by atoms with Gasteiger partial charge in [-0.05, 0) is 19.5 Å². The lowest BCUT2D eigenvalue weighted by Gasteiger charge is -2.27. The van der Waals surface area contributed by atoms with Crippen molar-refractivity contribution in [1.82, 2.24) is 20.1 Å². The zero-order valence-corrected chi connectivity index (χ0v) is 16.0. The van der Waals surface area contributed by atoms with Gasteiger partial charge >= 0.3 is 0 Å². The molecule has 130 valence electrons. The van der Waals surface area contributed by atoms with Crippen molar-refractivity contribution in [2.75, 3.05) is 33.2 Å². The third kappa shape index (κ3) is 4.67. The second-order valence-electron chi connectivity index (χ2n) is 6.34. The van der Waals surface area contributed by atoms with Gasteiger partial charge in [-0.3, -0.25) is 9.89 Å². The van der Waals surface area contributed by atoms with Gasteiger partial charge in [-0.1, -0.05) is 27.7 Å². The molecule has 0 aromatic carbocycles. The van der Waals surface area contributed by atoms with Crippen molar-refractivity contribution in [3.05, 3.63) is 16.1 Å². The number of likely N-dealkylation sites (N-methyl/N-ethyl adjacent to an activating group) is 1. The van der Waals surface area contributed by atoms with Crippen molar-refractivity contribution in [2.24, 2.45) is 4.99 Å². The molecule has 0 spiro atoms. The maximum absolute atomic E-state index is 4.69. The van der Waals surface area contributed by atoms with Gasteiger partial charge in [0.25, 0.3) is 0 Å². The number of aliphatic imine (C=N–C) groups is 1. The van der Waals surface area contributed by atoms with Crippen LogP contribution >= 0.6 is 11.3 Å². The van der Waals surface area contributed by atoms with E-state index in [0.717, 1.165) is 44.4 Å². The number of nitrogens with zero attached hydrogens (tertiary/aromatic N) is 4. The van der Waals surface area contributed by atoms with Gasteiger partial charge in [0.1, 0.15) is 0 Å². The predicted octanol–water partition coefficient (Wildman–Crippen LogP) is 2.76. The van der Waals surface area contributed by atoms with Crippen molar-refractivity contribution in [3.8, 4) is 0 Å². The van der Waals surface area contributed by atoms with E-state index in [-0.39, 0.29) is 0 Å². The zero-order valence-electron chi connectivity index (χ0n) is 15.2. The van der Waals surface area contributed by atoms with Crippen molar-refractivity contribution in [2.45, 2.75) is 52.6 Å². The summed E-state index contributed by atoms with van der Waals surface area (Å²) in [5, 5.41) is 6.84. The summed E-state index contributed by atoms with van der Waals surface area (Å²) >= 11 is 1.75. The van der Waals surface area contributed by atoms with Crippen LogP contribution in [0.4, 0.5) is 0 Å². The van der Waals surface area contributed by atoms with Crippen molar-refractivity contribution < 1.29 is 0 Å². The monoisotopic (exact) mass is 337 g/mol. The van der Waals surface area contributed by atoms with E-state index in [1.165, 1.54) is 11.4 Å². The highest BCUT2D eigenvalue weighted by molar-refractivity contribution is 7.09. The molecule has 1 saturated heterocycles. The predicted molar refractivity (Wildman–Crippen MR) is 99.3 cm³/mol. The largest absolute Gasteiger partial charge is 0.351 e. The summed E-state index contributed by atoms with van der Waals surface area (Å²) in [5.74, 6) is 1.50. The lowest BCUT2D eigenvalue weighted by molar-refractivity contribution is 0.223. The third-order valence-electron chi connectivity index (χ3n) is 4.49. The van der Waals surface area contributed by atoms with Crippen LogP contribution in [0.5, 0.6) is 0 Å². The van der Waals surface area contributed by atoms with E-state index in [2.05, 4.69) is 58.2 Å². The molecule has 1 aliphatic rings. The van der Waals surface area contributed by atoms with Gasteiger partial charge in [0.05, 0.1) is 17.2 Å². The van der Waals surface area contributed by atoms with Crippen LogP contribution in [-0.2, 0) is 6.54 Å². The molecule has 5 nitrogen and oxygen atoms in total. The van der Waals surface area contributed by atoms with Gasteiger partial charge in [0, 0.05) is 37.5 Å². The van der Waals surface area contributed by atoms with Gasteiger partial charge in [-0.2, -0.15) is 0 Å². The van der Waals surface area contributed by atoms with E-state index < -0.39 is 0 Å². The first-order valence-electron chi connectivity index (χ1n) is 8.72. The molecule has 23 heavy (non-hydrogen) atoms. The molecule has 2 rings (SSSR count). The molecule has 2 heterocycles. The second-order valence-corrected chi connectivity index (χ2v) is 7.23. The van der Waals surface area contributed by atoms with Crippen LogP contribution in [0.25, 0.3) is 0 Å². The topological polar surface area (TPSA) is 43.8 Å². The number of likely N-dealkylation sites (tertiary alicyclic amines) is 1. The summed E-state index contributed by atoms with van der Waals surface area (Å²) < 4.78 is 0. The smallest absolute Gasteiger partial charge is 0.194 e. The van der Waals surface area contributed by atoms with Crippen LogP contribution in [0.2, 0.25) is 0 Å². The molecular weight excluding hydrogens is 306 g/mol. The maximum Gasteiger partial charge on any atom is 0.194 e. The van der Waals surface area contributed by atoms with Gasteiger partial charge in [-0.25, -0.2) is 4.98 Å². The van der Waals surface area contributed by atoms with Crippen LogP contribution in [0, 0.1) is 0 Å². The molecule has 1 aliphatic heterocycles. The highest BCUT2D eigenvalue weighted by Gasteiger charge is 2.27. The molecule has 0 radical (unpaired) electrons. The second kappa shape index (κ2) is 8.64. The highest BCUT2D eigenvalue weighted by atomic mass is 32.1. The first kappa shape index (κ1) is 18.2. The Hall–Kier alpha value is -1.14. The standard InChI is InChI=1S/C17H31N5S/c1-6-21(7-2)15-8-9-22(11-15)17(18-5)19-10-14-12-23-16(20-14)13(3)4/h12-13,15H,6-11H2,1-5H3,(H,18,19). The molecule has 0 bridgehead atoms. The molecule has 1 N–H and O–H groups in total. The molecule has 1 unspecified atom stereocenters. The minimum absolute atomic E-state index is 0.501. The molecule has 1 aromatic heterocycles. The number of aromatic nitrogens is 1. The summed E-state index contributed by atoms with van der Waals surface area (Å²) in [6.45, 7) is 14.0. The van der Waals surface area contributed by atoms with Crippen molar-refractivity contribution in [1.29, 1.82) is 0 Å². The Labute approximate surface area is 144 Å². The Bertz CT molecular complexity index is 507. The minimum atomic E-state index is 0.501. The van der Waals surface area contributed by atoms with Crippen LogP contribution in [0.3, 0.4) is 0 Å². The summed E-state index contributed by atoms with van der Waals surface area (Å²) in [6, 6.07) is 0.648. The van der Waals surface area contributed by atoms with E-state index in [1.54, 1.807) is 11.3 Å². The Kier molecular flexibility index (Phi) is 6.84. The number of guanidine groups is 1. The molecule has 1 aromatic rings. The van der Waals surface area contributed by atoms with Crippen LogP contribution in [0.1, 0.15) is 50.7 Å². The summed E-state index contributed by atoms with van der Waals surface area (Å²) in [4.78, 5) is 14.1. The highest BCUT2D eigenvalue weighted by Crippen LogP contribution is 2.19. The number of thiazole rings is 1. The van der Waals surface area contributed by atoms with Gasteiger partial charge in [-0.15, -0.1) is 11.3 Å². The maximum atomic E-state index is 4.69. The summed E-state index contributed by atoms with van der Waals surface area (Å²) in [7, 11) is 1.87. The quantitative estimate of drug-likeness (QED) is 0.640. The van der Waals surface area contributed by atoms with E-state index in [1.807, 2.05) is 7.05 Å². The molecule has 1 atom stereocenters. The fraction of sp³-hybridized carbons (Fsp3) is 0.765. The summed E-state index contributed by atoms with van der Waals surface area (Å²) in [5.41, 5.74) is 1.11. The number of nitrogens with one attached hydrogen (secondary N) is 1. The van der Waals surface area contributed by atoms with E-state index in [0.29, 0.717) is 12.0 Å². The van der Waals surface area contributed by atoms with E-state index >= 15 is 0 Å². The fourth-order valence-electron chi connectivity index (χ4n) is 3.14. The zero-order chi connectivity index (χ0) is 16.8. The Morgan fingerprint density at radius 2 is 2.22 bits per heavy atom. The fourth-order valence-corrected chi connectivity index (χ4v) is 3.98. The number of rotatable bonds is 6. The first-order valence-corrected chi connectivity index (χ1v) is 9.60. The van der Waals surface area contributed by atoms with Gasteiger partial charge < -0.3 is 10.2 Å². The molecule has 0 amide bonds. The van der Waals surface area contributed by atoms with Gasteiger partial charge in [0.15, 0.2) is 5.96 Å². The third-order valence-corrected chi connectivity index (χ3v) is 5.69. The Balaban J connectivity index is 1.88. The van der Waals surface area contributed by atoms with Crippen molar-refractivity contribution in [3.63, 3.8) is 0 Å². The summed E-state index contributed by atoms with van der Waals surface area (Å²) in [6.07, 6.45) is 1.22. The average molecular weight is 338 g/mol. The molecule has 0 saturated carbocycles. The van der Waals surface area contributed by atoms with Crippen LogP contribution < -0.4 is 5.32 Å². The van der Waals surface area contributed by atoms with E-state index in [4.69, 9.17) is 0 Å². The molecule has 1 fully saturated rings. The lowest BCUT2D eigenvalue weighted by atomic mass is 10.2. The van der Waals surface area contributed by atoms with Crippen LogP contribution in [0.15, 0.2) is 10.4 Å². The average Bonchev–Trinajstić information content (AvgIpc) is 3.19. The molecule has 0 aliphatic carbocycles. The Morgan fingerprint density at radius 1 is 1.48 bits per heavy atom. The number of hydrogen-bond donors (Lipinski definition) is 1. The normalized spacial score (nSPS) is 19.2.